The van der Waals surface area contributed by atoms with Crippen LogP contribution in [-0.2, 0) is 0 Å². The Hall–Kier alpha value is -1.09. The number of halogens is 1. The fourth-order valence-electron chi connectivity index (χ4n) is 5.66. The average Bonchev–Trinajstić information content (AvgIpc) is 2.88. The summed E-state index contributed by atoms with van der Waals surface area (Å²) in [5.41, 5.74) is 10.1. The number of hydrogen-bond acceptors (Lipinski definition) is 0. The van der Waals surface area contributed by atoms with Gasteiger partial charge in [-0.05, 0) is 98.3 Å². The molecule has 0 saturated heterocycles. The minimum absolute atomic E-state index is 0.272. The third kappa shape index (κ3) is 2.61. The Morgan fingerprint density at radius 2 is 1.92 bits per heavy atom. The van der Waals surface area contributed by atoms with Gasteiger partial charge >= 0.3 is 0 Å². The predicted molar refractivity (Wildman–Crippen MR) is 119 cm³/mol. The predicted octanol–water partition coefficient (Wildman–Crippen LogP) is 7.53. The molecule has 0 saturated carbocycles. The highest BCUT2D eigenvalue weighted by atomic mass is 127. The molecule has 5 aliphatic carbocycles. The second-order valence-corrected chi connectivity index (χ2v) is 10.4. The van der Waals surface area contributed by atoms with Crippen molar-refractivity contribution in [2.24, 2.45) is 17.3 Å². The van der Waals surface area contributed by atoms with Crippen molar-refractivity contribution in [1.82, 2.24) is 0 Å². The lowest BCUT2D eigenvalue weighted by atomic mass is 9.72. The number of hydrogen-bond donors (Lipinski definition) is 0. The average molecular weight is 454 g/mol. The smallest absolute Gasteiger partial charge is 0.00209 e. The number of fused-ring (bicyclic) bond motifs is 2. The van der Waals surface area contributed by atoms with Crippen molar-refractivity contribution in [2.75, 3.05) is 0 Å². The lowest BCUT2D eigenvalue weighted by Crippen LogP contribution is -2.23. The van der Waals surface area contributed by atoms with Gasteiger partial charge in [0.25, 0.3) is 0 Å². The molecular formula is C25H27I. The molecule has 26 heavy (non-hydrogen) atoms. The summed E-state index contributed by atoms with van der Waals surface area (Å²) in [7, 11) is 0. The first-order chi connectivity index (χ1) is 12.5. The van der Waals surface area contributed by atoms with E-state index in [9.17, 15) is 0 Å². The molecule has 0 aromatic carbocycles. The van der Waals surface area contributed by atoms with E-state index >= 15 is 0 Å². The van der Waals surface area contributed by atoms with Crippen LogP contribution in [0.3, 0.4) is 0 Å². The van der Waals surface area contributed by atoms with E-state index < -0.39 is 0 Å². The van der Waals surface area contributed by atoms with Crippen LogP contribution in [0.15, 0.2) is 79.6 Å². The zero-order valence-corrected chi connectivity index (χ0v) is 18.0. The summed E-state index contributed by atoms with van der Waals surface area (Å²) in [6, 6.07) is 0. The van der Waals surface area contributed by atoms with Crippen LogP contribution in [0.2, 0.25) is 0 Å². The van der Waals surface area contributed by atoms with E-state index in [0.29, 0.717) is 11.8 Å². The summed E-state index contributed by atoms with van der Waals surface area (Å²) in [6.07, 6.45) is 24.3. The van der Waals surface area contributed by atoms with Crippen LogP contribution in [0.4, 0.5) is 0 Å². The van der Waals surface area contributed by atoms with Crippen molar-refractivity contribution in [3.8, 4) is 0 Å². The van der Waals surface area contributed by atoms with Crippen LogP contribution in [0.1, 0.15) is 52.4 Å². The van der Waals surface area contributed by atoms with Gasteiger partial charge in [0, 0.05) is 5.92 Å². The summed E-state index contributed by atoms with van der Waals surface area (Å²) >= 11 is 2.52. The van der Waals surface area contributed by atoms with Crippen molar-refractivity contribution < 1.29 is 0 Å². The third-order valence-corrected chi connectivity index (χ3v) is 8.02. The Balaban J connectivity index is 1.48. The molecule has 0 heterocycles. The van der Waals surface area contributed by atoms with Gasteiger partial charge in [0.2, 0.25) is 0 Å². The molecular weight excluding hydrogens is 427 g/mol. The largest absolute Gasteiger partial charge is 0.0836 e. The first-order valence-electron chi connectivity index (χ1n) is 10.1. The van der Waals surface area contributed by atoms with Crippen molar-refractivity contribution >= 4 is 22.6 Å². The summed E-state index contributed by atoms with van der Waals surface area (Å²) in [4.78, 5) is 0. The molecule has 0 aliphatic heterocycles. The van der Waals surface area contributed by atoms with Gasteiger partial charge in [-0.1, -0.05) is 67.5 Å². The Labute approximate surface area is 171 Å². The van der Waals surface area contributed by atoms with E-state index in [1.807, 2.05) is 0 Å². The van der Waals surface area contributed by atoms with Crippen molar-refractivity contribution in [3.05, 3.63) is 79.6 Å². The summed E-state index contributed by atoms with van der Waals surface area (Å²) in [5.74, 6) is 1.31. The Bertz CT molecular complexity index is 879. The number of allylic oxidation sites excluding steroid dienone is 14. The van der Waals surface area contributed by atoms with E-state index in [1.165, 1.54) is 47.7 Å². The molecule has 0 radical (unpaired) electrons. The molecule has 0 nitrogen and oxygen atoms in total. The van der Waals surface area contributed by atoms with E-state index in [-0.39, 0.29) is 5.41 Å². The molecule has 5 rings (SSSR count). The molecule has 0 N–H and O–H groups in total. The summed E-state index contributed by atoms with van der Waals surface area (Å²) in [6.45, 7) is 4.96. The first kappa shape index (κ1) is 17.0. The molecule has 0 aromatic rings. The molecule has 0 bridgehead atoms. The van der Waals surface area contributed by atoms with Crippen LogP contribution < -0.4 is 0 Å². The highest BCUT2D eigenvalue weighted by Gasteiger charge is 2.45. The van der Waals surface area contributed by atoms with Crippen LogP contribution in [0.25, 0.3) is 0 Å². The van der Waals surface area contributed by atoms with Gasteiger partial charge in [-0.3, -0.25) is 0 Å². The topological polar surface area (TPSA) is 0 Å². The van der Waals surface area contributed by atoms with Gasteiger partial charge in [-0.15, -0.1) is 0 Å². The number of rotatable bonds is 1. The summed E-state index contributed by atoms with van der Waals surface area (Å²) < 4.78 is 1.51. The van der Waals surface area contributed by atoms with Crippen molar-refractivity contribution in [3.63, 3.8) is 0 Å². The maximum Gasteiger partial charge on any atom is 0.00209 e. The molecule has 1 heteroatoms. The molecule has 2 atom stereocenters. The van der Waals surface area contributed by atoms with Gasteiger partial charge in [-0.2, -0.15) is 0 Å². The maximum absolute atomic E-state index is 2.62. The molecule has 1 unspecified atom stereocenters. The molecule has 0 aromatic heterocycles. The van der Waals surface area contributed by atoms with Crippen molar-refractivity contribution in [2.45, 2.75) is 52.4 Å². The minimum Gasteiger partial charge on any atom is -0.0836 e. The van der Waals surface area contributed by atoms with Gasteiger partial charge in [0.1, 0.15) is 0 Å². The standard InChI is InChI=1S/C25H27I/c1-25(2)23-14-19(18-8-7-16-5-3-4-6-17(16)13-18)9-11-21(23)22-12-10-20(26)15-24(22)25/h3,5,7-8,10,12,14,18,24H,4,6,9,11,13,15H2,1-2H3/t18-,24?/m0/s1. The Morgan fingerprint density at radius 1 is 1.04 bits per heavy atom. The van der Waals surface area contributed by atoms with Gasteiger partial charge in [-0.25, -0.2) is 0 Å². The second-order valence-electron chi connectivity index (χ2n) is 9.00. The zero-order valence-electron chi connectivity index (χ0n) is 15.8. The van der Waals surface area contributed by atoms with Gasteiger partial charge < -0.3 is 0 Å². The zero-order chi connectivity index (χ0) is 17.9. The van der Waals surface area contributed by atoms with Gasteiger partial charge in [0.15, 0.2) is 0 Å². The Morgan fingerprint density at radius 3 is 2.81 bits per heavy atom. The SMILES string of the molecule is CC1(C)C2=C(CCC([C@H]3C=CC4=C(CCC=C4)C3)=C2)C2=CC=C(I)CC21. The molecule has 134 valence electrons. The lowest BCUT2D eigenvalue weighted by molar-refractivity contribution is 0.335. The minimum atomic E-state index is 0.272. The van der Waals surface area contributed by atoms with E-state index in [2.05, 4.69) is 79.0 Å². The van der Waals surface area contributed by atoms with Gasteiger partial charge in [0.05, 0.1) is 0 Å². The highest BCUT2D eigenvalue weighted by Crippen LogP contribution is 2.58. The normalized spacial score (nSPS) is 31.9. The van der Waals surface area contributed by atoms with E-state index in [1.54, 1.807) is 27.9 Å². The quantitative estimate of drug-likeness (QED) is 0.359. The van der Waals surface area contributed by atoms with E-state index in [0.717, 1.165) is 0 Å². The lowest BCUT2D eigenvalue weighted by Gasteiger charge is -2.33. The monoisotopic (exact) mass is 454 g/mol. The van der Waals surface area contributed by atoms with Crippen LogP contribution in [0, 0.1) is 17.3 Å². The first-order valence-corrected chi connectivity index (χ1v) is 11.2. The van der Waals surface area contributed by atoms with Crippen LogP contribution in [0.5, 0.6) is 0 Å². The maximum atomic E-state index is 2.62. The van der Waals surface area contributed by atoms with Crippen LogP contribution in [-0.4, -0.2) is 0 Å². The fourth-order valence-corrected chi connectivity index (χ4v) is 6.28. The second kappa shape index (κ2) is 6.22. The highest BCUT2D eigenvalue weighted by molar-refractivity contribution is 14.1. The van der Waals surface area contributed by atoms with Crippen molar-refractivity contribution in [1.29, 1.82) is 0 Å². The molecule has 0 fully saturated rings. The third-order valence-electron chi connectivity index (χ3n) is 7.22. The fraction of sp³-hybridized carbons (Fsp3) is 0.440. The Kier molecular flexibility index (Phi) is 4.08. The molecule has 0 amide bonds. The summed E-state index contributed by atoms with van der Waals surface area (Å²) in [5, 5.41) is 0. The molecule has 5 aliphatic rings. The van der Waals surface area contributed by atoms with Crippen LogP contribution >= 0.6 is 22.6 Å². The van der Waals surface area contributed by atoms with E-state index in [4.69, 9.17) is 0 Å². The molecule has 0 spiro atoms.